The molecule has 1 heterocycles. The van der Waals surface area contributed by atoms with E-state index in [9.17, 15) is 4.79 Å². The van der Waals surface area contributed by atoms with Crippen molar-refractivity contribution in [2.75, 3.05) is 33.9 Å². The van der Waals surface area contributed by atoms with Crippen LogP contribution in [0.5, 0.6) is 11.5 Å². The highest BCUT2D eigenvalue weighted by Crippen LogP contribution is 2.33. The minimum Gasteiger partial charge on any atom is -0.496 e. The smallest absolute Gasteiger partial charge is 0.223 e. The molecule has 152 valence electrons. The molecule has 28 heavy (non-hydrogen) atoms. The van der Waals surface area contributed by atoms with Crippen LogP contribution in [0.2, 0.25) is 0 Å². The molecule has 0 aromatic heterocycles. The molecule has 2 aromatic rings. The van der Waals surface area contributed by atoms with E-state index in [0.29, 0.717) is 13.0 Å². The van der Waals surface area contributed by atoms with Gasteiger partial charge in [0.05, 0.1) is 20.3 Å². The van der Waals surface area contributed by atoms with E-state index >= 15 is 0 Å². The zero-order valence-corrected chi connectivity index (χ0v) is 17.5. The number of piperazine rings is 1. The number of ether oxygens (including phenoxy) is 2. The second-order valence-corrected chi connectivity index (χ2v) is 6.90. The molecule has 1 fully saturated rings. The second-order valence-electron chi connectivity index (χ2n) is 6.90. The van der Waals surface area contributed by atoms with Gasteiger partial charge < -0.3 is 19.7 Å². The summed E-state index contributed by atoms with van der Waals surface area (Å²) in [5, 5.41) is 3.40. The van der Waals surface area contributed by atoms with Crippen LogP contribution in [-0.4, -0.2) is 44.7 Å². The maximum Gasteiger partial charge on any atom is 0.223 e. The van der Waals surface area contributed by atoms with Crippen molar-refractivity contribution < 1.29 is 14.3 Å². The molecular formula is C22H29ClN2O3. The van der Waals surface area contributed by atoms with E-state index in [1.165, 1.54) is 0 Å². The molecule has 1 saturated heterocycles. The van der Waals surface area contributed by atoms with Crippen molar-refractivity contribution in [1.82, 2.24) is 10.2 Å². The van der Waals surface area contributed by atoms with Crippen LogP contribution >= 0.6 is 12.4 Å². The van der Waals surface area contributed by atoms with Crippen LogP contribution in [0.1, 0.15) is 36.4 Å². The number of para-hydroxylation sites is 2. The van der Waals surface area contributed by atoms with E-state index in [4.69, 9.17) is 9.47 Å². The first kappa shape index (κ1) is 22.1. The molecule has 0 aliphatic carbocycles. The molecule has 1 N–H and O–H groups in total. The van der Waals surface area contributed by atoms with Crippen molar-refractivity contribution >= 4 is 18.3 Å². The van der Waals surface area contributed by atoms with Gasteiger partial charge in [-0.2, -0.15) is 0 Å². The summed E-state index contributed by atoms with van der Waals surface area (Å²) in [6.07, 6.45) is 0.450. The number of nitrogens with zero attached hydrogens (tertiary/aromatic N) is 1. The molecule has 2 aromatic carbocycles. The fourth-order valence-electron chi connectivity index (χ4n) is 3.79. The monoisotopic (exact) mass is 404 g/mol. The molecule has 1 amide bonds. The quantitative estimate of drug-likeness (QED) is 0.795. The normalized spacial score (nSPS) is 17.4. The van der Waals surface area contributed by atoms with Gasteiger partial charge >= 0.3 is 0 Å². The first-order valence-electron chi connectivity index (χ1n) is 9.41. The highest BCUT2D eigenvalue weighted by atomic mass is 35.5. The van der Waals surface area contributed by atoms with Gasteiger partial charge in [-0.05, 0) is 23.6 Å². The van der Waals surface area contributed by atoms with E-state index in [-0.39, 0.29) is 30.3 Å². The Bertz CT molecular complexity index is 784. The Kier molecular flexibility index (Phi) is 8.15. The molecule has 1 aliphatic rings. The lowest BCUT2D eigenvalue weighted by molar-refractivity contribution is -0.134. The van der Waals surface area contributed by atoms with E-state index < -0.39 is 0 Å². The lowest BCUT2D eigenvalue weighted by atomic mass is 9.94. The summed E-state index contributed by atoms with van der Waals surface area (Å²) in [4.78, 5) is 15.2. The van der Waals surface area contributed by atoms with Gasteiger partial charge in [0, 0.05) is 31.6 Å². The highest BCUT2D eigenvalue weighted by Gasteiger charge is 2.30. The summed E-state index contributed by atoms with van der Waals surface area (Å²) in [7, 11) is 3.34. The zero-order valence-electron chi connectivity index (χ0n) is 16.7. The Morgan fingerprint density at radius 2 is 1.75 bits per heavy atom. The number of methoxy groups -OCH3 is 2. The molecule has 0 saturated carbocycles. The molecule has 0 bridgehead atoms. The number of halogens is 1. The molecule has 0 spiro atoms. The zero-order chi connectivity index (χ0) is 19.2. The molecule has 5 nitrogen and oxygen atoms in total. The Hall–Kier alpha value is -2.24. The molecule has 3 rings (SSSR count). The number of amides is 1. The van der Waals surface area contributed by atoms with E-state index in [1.807, 2.05) is 53.4 Å². The lowest BCUT2D eigenvalue weighted by Crippen LogP contribution is -2.49. The number of carbonyl (C=O) groups excluding carboxylic acids is 1. The van der Waals surface area contributed by atoms with E-state index in [0.717, 1.165) is 35.7 Å². The fourth-order valence-corrected chi connectivity index (χ4v) is 3.79. The topological polar surface area (TPSA) is 50.8 Å². The average Bonchev–Trinajstić information content (AvgIpc) is 2.73. The van der Waals surface area contributed by atoms with Crippen LogP contribution < -0.4 is 14.8 Å². The highest BCUT2D eigenvalue weighted by molar-refractivity contribution is 5.85. The van der Waals surface area contributed by atoms with Crippen molar-refractivity contribution in [3.63, 3.8) is 0 Å². The Labute approximate surface area is 173 Å². The largest absolute Gasteiger partial charge is 0.496 e. The van der Waals surface area contributed by atoms with Gasteiger partial charge in [0.1, 0.15) is 11.5 Å². The number of hydrogen-bond donors (Lipinski definition) is 1. The lowest BCUT2D eigenvalue weighted by Gasteiger charge is -2.37. The summed E-state index contributed by atoms with van der Waals surface area (Å²) >= 11 is 0. The third kappa shape index (κ3) is 4.78. The molecule has 2 atom stereocenters. The Morgan fingerprint density at radius 3 is 2.46 bits per heavy atom. The predicted octanol–water partition coefficient (Wildman–Crippen LogP) is 3.79. The summed E-state index contributed by atoms with van der Waals surface area (Å²) in [5.74, 6) is 1.90. The van der Waals surface area contributed by atoms with Gasteiger partial charge in [-0.25, -0.2) is 0 Å². The number of carbonyl (C=O) groups is 1. The van der Waals surface area contributed by atoms with Crippen molar-refractivity contribution in [1.29, 1.82) is 0 Å². The Morgan fingerprint density at radius 1 is 1.11 bits per heavy atom. The van der Waals surface area contributed by atoms with Crippen LogP contribution in [-0.2, 0) is 4.79 Å². The second kappa shape index (κ2) is 10.3. The SMILES string of the molecule is COc1ccccc1C(C)CC(=O)N1CCNCC1c1ccccc1OC.Cl. The van der Waals surface area contributed by atoms with Gasteiger partial charge in [-0.1, -0.05) is 43.3 Å². The summed E-state index contributed by atoms with van der Waals surface area (Å²) in [6.45, 7) is 4.31. The summed E-state index contributed by atoms with van der Waals surface area (Å²) in [6, 6.07) is 15.8. The van der Waals surface area contributed by atoms with Crippen LogP contribution in [0.15, 0.2) is 48.5 Å². The minimum atomic E-state index is -0.0210. The van der Waals surface area contributed by atoms with Gasteiger partial charge in [0.25, 0.3) is 0 Å². The van der Waals surface area contributed by atoms with Gasteiger partial charge in [-0.15, -0.1) is 12.4 Å². The van der Waals surface area contributed by atoms with Crippen molar-refractivity contribution in [3.8, 4) is 11.5 Å². The van der Waals surface area contributed by atoms with Gasteiger partial charge in [0.2, 0.25) is 5.91 Å². The van der Waals surface area contributed by atoms with Crippen LogP contribution in [0.25, 0.3) is 0 Å². The maximum absolute atomic E-state index is 13.2. The summed E-state index contributed by atoms with van der Waals surface area (Å²) < 4.78 is 11.0. The molecule has 2 unspecified atom stereocenters. The minimum absolute atomic E-state index is 0. The van der Waals surface area contributed by atoms with Crippen molar-refractivity contribution in [2.45, 2.75) is 25.3 Å². The van der Waals surface area contributed by atoms with Gasteiger partial charge in [-0.3, -0.25) is 4.79 Å². The van der Waals surface area contributed by atoms with E-state index in [2.05, 4.69) is 12.2 Å². The number of benzene rings is 2. The van der Waals surface area contributed by atoms with Crippen LogP contribution in [0, 0.1) is 0 Å². The third-order valence-corrected chi connectivity index (χ3v) is 5.21. The molecule has 6 heteroatoms. The van der Waals surface area contributed by atoms with Gasteiger partial charge in [0.15, 0.2) is 0 Å². The van der Waals surface area contributed by atoms with Crippen LogP contribution in [0.4, 0.5) is 0 Å². The number of nitrogens with one attached hydrogen (secondary N) is 1. The summed E-state index contributed by atoms with van der Waals surface area (Å²) in [5.41, 5.74) is 2.11. The Balaban J connectivity index is 0.00000280. The molecule has 1 aliphatic heterocycles. The number of hydrogen-bond acceptors (Lipinski definition) is 4. The molecular weight excluding hydrogens is 376 g/mol. The number of rotatable bonds is 6. The fraction of sp³-hybridized carbons (Fsp3) is 0.409. The average molecular weight is 405 g/mol. The van der Waals surface area contributed by atoms with E-state index in [1.54, 1.807) is 14.2 Å². The first-order valence-corrected chi connectivity index (χ1v) is 9.41. The first-order chi connectivity index (χ1) is 13.2. The predicted molar refractivity (Wildman–Crippen MR) is 114 cm³/mol. The van der Waals surface area contributed by atoms with Crippen LogP contribution in [0.3, 0.4) is 0 Å². The molecule has 0 radical (unpaired) electrons. The maximum atomic E-state index is 13.2. The third-order valence-electron chi connectivity index (χ3n) is 5.21. The standard InChI is InChI=1S/C22H28N2O3.ClH/c1-16(17-8-4-6-10-20(17)26-2)14-22(25)24-13-12-23-15-19(24)18-9-5-7-11-21(18)27-3;/h4-11,16,19,23H,12-15H2,1-3H3;1H. The van der Waals surface area contributed by atoms with Crippen molar-refractivity contribution in [2.24, 2.45) is 0 Å². The van der Waals surface area contributed by atoms with Crippen molar-refractivity contribution in [3.05, 3.63) is 59.7 Å².